The molecule has 4 rings (SSSR count). The second-order valence-corrected chi connectivity index (χ2v) is 7.60. The summed E-state index contributed by atoms with van der Waals surface area (Å²) in [7, 11) is 1.60. The second-order valence-electron chi connectivity index (χ2n) is 6.68. The van der Waals surface area contributed by atoms with E-state index in [1.807, 2.05) is 24.3 Å². The van der Waals surface area contributed by atoms with Crippen molar-refractivity contribution in [2.24, 2.45) is 0 Å². The van der Waals surface area contributed by atoms with Gasteiger partial charge in [0, 0.05) is 23.6 Å². The highest BCUT2D eigenvalue weighted by Gasteiger charge is 2.20. The minimum Gasteiger partial charge on any atom is -0.496 e. The van der Waals surface area contributed by atoms with Crippen LogP contribution in [0, 0.1) is 11.3 Å². The molecule has 10 nitrogen and oxygen atoms in total. The SMILES string of the molecule is COc1cc(Br)cc(OCC2CNCCO2)c1-c1cc(Nc2cnc(C#N)cn2)n[nH]1. The number of H-pyrrole nitrogens is 1. The minimum absolute atomic E-state index is 0.0273. The molecule has 0 bridgehead atoms. The third-order valence-electron chi connectivity index (χ3n) is 4.55. The van der Waals surface area contributed by atoms with Crippen molar-refractivity contribution in [2.45, 2.75) is 6.10 Å². The molecule has 0 radical (unpaired) electrons. The van der Waals surface area contributed by atoms with Gasteiger partial charge in [0.2, 0.25) is 0 Å². The molecule has 1 aromatic carbocycles. The van der Waals surface area contributed by atoms with Crippen LogP contribution >= 0.6 is 15.9 Å². The van der Waals surface area contributed by atoms with Gasteiger partial charge < -0.3 is 24.8 Å². The highest BCUT2D eigenvalue weighted by atomic mass is 79.9. The summed E-state index contributed by atoms with van der Waals surface area (Å²) in [6, 6.07) is 7.50. The number of aromatic amines is 1. The van der Waals surface area contributed by atoms with Crippen molar-refractivity contribution in [2.75, 3.05) is 38.7 Å². The molecule has 1 atom stereocenters. The van der Waals surface area contributed by atoms with E-state index in [-0.39, 0.29) is 11.8 Å². The van der Waals surface area contributed by atoms with Crippen LogP contribution < -0.4 is 20.1 Å². The highest BCUT2D eigenvalue weighted by Crippen LogP contribution is 2.41. The van der Waals surface area contributed by atoms with Gasteiger partial charge in [0.15, 0.2) is 11.5 Å². The monoisotopic (exact) mass is 485 g/mol. The first kappa shape index (κ1) is 21.0. The van der Waals surface area contributed by atoms with E-state index >= 15 is 0 Å². The molecule has 3 heterocycles. The third-order valence-corrected chi connectivity index (χ3v) is 5.01. The molecule has 11 heteroatoms. The number of aromatic nitrogens is 4. The van der Waals surface area contributed by atoms with Crippen molar-refractivity contribution in [1.29, 1.82) is 5.26 Å². The van der Waals surface area contributed by atoms with E-state index in [9.17, 15) is 0 Å². The van der Waals surface area contributed by atoms with Gasteiger partial charge in [-0.2, -0.15) is 10.4 Å². The summed E-state index contributed by atoms with van der Waals surface area (Å²) in [6.07, 6.45) is 2.84. The van der Waals surface area contributed by atoms with Gasteiger partial charge in [-0.05, 0) is 12.1 Å². The van der Waals surface area contributed by atoms with Gasteiger partial charge in [-0.25, -0.2) is 9.97 Å². The lowest BCUT2D eigenvalue weighted by molar-refractivity contribution is 0.000268. The van der Waals surface area contributed by atoms with Crippen LogP contribution in [-0.4, -0.2) is 59.7 Å². The molecule has 160 valence electrons. The van der Waals surface area contributed by atoms with E-state index in [1.165, 1.54) is 12.4 Å². The van der Waals surface area contributed by atoms with Gasteiger partial charge in [0.1, 0.15) is 36.1 Å². The molecular weight excluding hydrogens is 466 g/mol. The van der Waals surface area contributed by atoms with Crippen LogP contribution in [0.2, 0.25) is 0 Å². The quantitative estimate of drug-likeness (QED) is 0.461. The summed E-state index contributed by atoms with van der Waals surface area (Å²) in [5.74, 6) is 2.26. The van der Waals surface area contributed by atoms with Gasteiger partial charge >= 0.3 is 0 Å². The molecular formula is C20H20BrN7O3. The van der Waals surface area contributed by atoms with Gasteiger partial charge in [-0.1, -0.05) is 15.9 Å². The Balaban J connectivity index is 1.58. The summed E-state index contributed by atoms with van der Waals surface area (Å²) in [6.45, 7) is 2.65. The number of morpholine rings is 1. The van der Waals surface area contributed by atoms with Crippen molar-refractivity contribution in [1.82, 2.24) is 25.5 Å². The molecule has 0 aliphatic carbocycles. The molecule has 1 fully saturated rings. The maximum Gasteiger partial charge on any atom is 0.158 e. The smallest absolute Gasteiger partial charge is 0.158 e. The van der Waals surface area contributed by atoms with E-state index in [0.717, 1.165) is 23.1 Å². The Bertz CT molecular complexity index is 1080. The predicted molar refractivity (Wildman–Crippen MR) is 116 cm³/mol. The number of benzene rings is 1. The third kappa shape index (κ3) is 5.11. The first-order chi connectivity index (χ1) is 15.2. The fraction of sp³-hybridized carbons (Fsp3) is 0.300. The molecule has 31 heavy (non-hydrogen) atoms. The van der Waals surface area contributed by atoms with Crippen molar-refractivity contribution in [3.05, 3.63) is 40.8 Å². The van der Waals surface area contributed by atoms with Gasteiger partial charge in [0.25, 0.3) is 0 Å². The standard InChI is InChI=1S/C20H20BrN7O3/c1-29-16-4-12(21)5-17(31-11-14-9-23-2-3-30-14)20(16)15-6-18(28-27-15)26-19-10-24-13(7-22)8-25-19/h4-6,8,10,14,23H,2-3,9,11H2,1H3,(H2,25,26,27,28). The molecule has 3 N–H and O–H groups in total. The number of hydrogen-bond acceptors (Lipinski definition) is 9. The average molecular weight is 486 g/mol. The number of hydrogen-bond donors (Lipinski definition) is 3. The topological polar surface area (TPSA) is 130 Å². The fourth-order valence-electron chi connectivity index (χ4n) is 3.10. The highest BCUT2D eigenvalue weighted by molar-refractivity contribution is 9.10. The molecule has 0 amide bonds. The van der Waals surface area contributed by atoms with Crippen molar-refractivity contribution in [3.8, 4) is 28.8 Å². The van der Waals surface area contributed by atoms with E-state index in [0.29, 0.717) is 42.0 Å². The molecule has 2 aromatic heterocycles. The van der Waals surface area contributed by atoms with E-state index < -0.39 is 0 Å². The zero-order chi connectivity index (χ0) is 21.6. The van der Waals surface area contributed by atoms with Gasteiger partial charge in [-0.3, -0.25) is 5.10 Å². The lowest BCUT2D eigenvalue weighted by Gasteiger charge is -2.24. The number of rotatable bonds is 7. The summed E-state index contributed by atoms with van der Waals surface area (Å²) in [5.41, 5.74) is 1.68. The maximum absolute atomic E-state index is 8.84. The molecule has 1 unspecified atom stereocenters. The normalized spacial score (nSPS) is 15.8. The number of anilines is 2. The minimum atomic E-state index is -0.0273. The number of nitriles is 1. The predicted octanol–water partition coefficient (Wildman–Crippen LogP) is 2.62. The van der Waals surface area contributed by atoms with Crippen LogP contribution in [0.4, 0.5) is 11.6 Å². The zero-order valence-corrected chi connectivity index (χ0v) is 18.3. The Morgan fingerprint density at radius 2 is 2.13 bits per heavy atom. The Hall–Kier alpha value is -3.20. The number of nitrogens with zero attached hydrogens (tertiary/aromatic N) is 4. The Morgan fingerprint density at radius 1 is 1.26 bits per heavy atom. The van der Waals surface area contributed by atoms with Crippen LogP contribution in [0.3, 0.4) is 0 Å². The number of halogens is 1. The number of methoxy groups -OCH3 is 1. The van der Waals surface area contributed by atoms with Crippen LogP contribution in [0.1, 0.15) is 5.69 Å². The van der Waals surface area contributed by atoms with Crippen LogP contribution in [-0.2, 0) is 4.74 Å². The first-order valence-electron chi connectivity index (χ1n) is 9.54. The van der Waals surface area contributed by atoms with Crippen molar-refractivity contribution < 1.29 is 14.2 Å². The summed E-state index contributed by atoms with van der Waals surface area (Å²) < 4.78 is 18.3. The van der Waals surface area contributed by atoms with Crippen LogP contribution in [0.5, 0.6) is 11.5 Å². The van der Waals surface area contributed by atoms with Crippen LogP contribution in [0.15, 0.2) is 35.1 Å². The van der Waals surface area contributed by atoms with Crippen molar-refractivity contribution in [3.63, 3.8) is 0 Å². The molecule has 1 aliphatic heterocycles. The summed E-state index contributed by atoms with van der Waals surface area (Å²) >= 11 is 3.51. The lowest BCUT2D eigenvalue weighted by Crippen LogP contribution is -2.41. The van der Waals surface area contributed by atoms with Gasteiger partial charge in [-0.15, -0.1) is 0 Å². The van der Waals surface area contributed by atoms with Crippen LogP contribution in [0.25, 0.3) is 11.3 Å². The lowest BCUT2D eigenvalue weighted by atomic mass is 10.1. The number of ether oxygens (including phenoxy) is 3. The van der Waals surface area contributed by atoms with E-state index in [4.69, 9.17) is 19.5 Å². The van der Waals surface area contributed by atoms with Gasteiger partial charge in [0.05, 0.1) is 37.4 Å². The van der Waals surface area contributed by atoms with Crippen molar-refractivity contribution >= 4 is 27.6 Å². The molecule has 1 saturated heterocycles. The molecule has 0 spiro atoms. The molecule has 0 saturated carbocycles. The maximum atomic E-state index is 8.84. The Labute approximate surface area is 187 Å². The molecule has 3 aromatic rings. The van der Waals surface area contributed by atoms with E-state index in [2.05, 4.69) is 46.7 Å². The molecule has 1 aliphatic rings. The second kappa shape index (κ2) is 9.74. The Morgan fingerprint density at radius 3 is 2.84 bits per heavy atom. The van der Waals surface area contributed by atoms with E-state index in [1.54, 1.807) is 7.11 Å². The summed E-state index contributed by atoms with van der Waals surface area (Å²) in [4.78, 5) is 8.14. The zero-order valence-electron chi connectivity index (χ0n) is 16.7. The first-order valence-corrected chi connectivity index (χ1v) is 10.3. The summed E-state index contributed by atoms with van der Waals surface area (Å²) in [5, 5.41) is 22.5. The largest absolute Gasteiger partial charge is 0.496 e. The number of nitrogens with one attached hydrogen (secondary N) is 3. The average Bonchev–Trinajstić information content (AvgIpc) is 3.26. The Kier molecular flexibility index (Phi) is 6.61. The fourth-order valence-corrected chi connectivity index (χ4v) is 3.52.